The Kier molecular flexibility index (Phi) is 4.20. The van der Waals surface area contributed by atoms with E-state index in [1.165, 1.54) is 12.1 Å². The lowest BCUT2D eigenvalue weighted by atomic mass is 10.1. The SMILES string of the molecule is CCC(=N)N1CCN(c2cccc(C(F)(F)F)c2)CC1. The smallest absolute Gasteiger partial charge is 0.368 e. The van der Waals surface area contributed by atoms with Gasteiger partial charge >= 0.3 is 6.18 Å². The second kappa shape index (κ2) is 5.73. The first-order valence-electron chi connectivity index (χ1n) is 6.66. The summed E-state index contributed by atoms with van der Waals surface area (Å²) in [6, 6.07) is 5.43. The summed E-state index contributed by atoms with van der Waals surface area (Å²) >= 11 is 0. The number of amidine groups is 1. The topological polar surface area (TPSA) is 30.3 Å². The highest BCUT2D eigenvalue weighted by atomic mass is 19.4. The minimum atomic E-state index is -4.30. The Balaban J connectivity index is 2.06. The van der Waals surface area contributed by atoms with Crippen molar-refractivity contribution in [2.45, 2.75) is 19.5 Å². The molecule has 0 radical (unpaired) electrons. The van der Waals surface area contributed by atoms with Gasteiger partial charge in [0.25, 0.3) is 0 Å². The van der Waals surface area contributed by atoms with Gasteiger partial charge in [0.2, 0.25) is 0 Å². The number of nitrogens with zero attached hydrogens (tertiary/aromatic N) is 2. The number of nitrogens with one attached hydrogen (secondary N) is 1. The fourth-order valence-electron chi connectivity index (χ4n) is 2.34. The Labute approximate surface area is 116 Å². The van der Waals surface area contributed by atoms with Crippen LogP contribution in [0.4, 0.5) is 18.9 Å². The number of alkyl halides is 3. The molecule has 0 unspecified atom stereocenters. The van der Waals surface area contributed by atoms with Gasteiger partial charge in [-0.25, -0.2) is 0 Å². The van der Waals surface area contributed by atoms with E-state index < -0.39 is 11.7 Å². The van der Waals surface area contributed by atoms with Crippen molar-refractivity contribution in [2.75, 3.05) is 31.1 Å². The maximum absolute atomic E-state index is 12.7. The van der Waals surface area contributed by atoms with Crippen LogP contribution in [0.15, 0.2) is 24.3 Å². The summed E-state index contributed by atoms with van der Waals surface area (Å²) in [6.07, 6.45) is -3.62. The molecule has 1 fully saturated rings. The molecule has 0 atom stereocenters. The van der Waals surface area contributed by atoms with E-state index in [1.54, 1.807) is 6.07 Å². The maximum atomic E-state index is 12.7. The number of rotatable bonds is 2. The molecule has 0 aliphatic carbocycles. The second-order valence-corrected chi connectivity index (χ2v) is 4.82. The standard InChI is InChI=1S/C14H18F3N3/c1-2-13(18)20-8-6-19(7-9-20)12-5-3-4-11(10-12)14(15,16)17/h3-5,10,18H,2,6-9H2,1H3. The molecule has 0 aromatic heterocycles. The minimum Gasteiger partial charge on any atom is -0.368 e. The zero-order valence-corrected chi connectivity index (χ0v) is 11.4. The van der Waals surface area contributed by atoms with Gasteiger partial charge in [0.05, 0.1) is 11.4 Å². The van der Waals surface area contributed by atoms with Gasteiger partial charge < -0.3 is 9.80 Å². The summed E-state index contributed by atoms with van der Waals surface area (Å²) in [6.45, 7) is 4.58. The number of halogens is 3. The molecule has 1 aliphatic heterocycles. The van der Waals surface area contributed by atoms with E-state index in [2.05, 4.69) is 0 Å². The molecule has 0 bridgehead atoms. The third-order valence-electron chi connectivity index (χ3n) is 3.53. The van der Waals surface area contributed by atoms with Crippen molar-refractivity contribution in [3.8, 4) is 0 Å². The quantitative estimate of drug-likeness (QED) is 0.668. The van der Waals surface area contributed by atoms with Crippen LogP contribution in [0.1, 0.15) is 18.9 Å². The van der Waals surface area contributed by atoms with Gasteiger partial charge in [0, 0.05) is 38.3 Å². The first-order valence-corrected chi connectivity index (χ1v) is 6.66. The fourth-order valence-corrected chi connectivity index (χ4v) is 2.34. The molecule has 110 valence electrons. The number of benzene rings is 1. The van der Waals surface area contributed by atoms with Crippen LogP contribution in [-0.4, -0.2) is 36.9 Å². The molecule has 3 nitrogen and oxygen atoms in total. The number of hydrogen-bond donors (Lipinski definition) is 1. The molecule has 1 aromatic rings. The van der Waals surface area contributed by atoms with E-state index in [0.717, 1.165) is 6.07 Å². The first kappa shape index (κ1) is 14.7. The third kappa shape index (κ3) is 3.23. The predicted octanol–water partition coefficient (Wildman–Crippen LogP) is 3.21. The lowest BCUT2D eigenvalue weighted by Gasteiger charge is -2.37. The average Bonchev–Trinajstić information content (AvgIpc) is 2.46. The van der Waals surface area contributed by atoms with Crippen molar-refractivity contribution in [3.63, 3.8) is 0 Å². The van der Waals surface area contributed by atoms with Crippen LogP contribution in [0.3, 0.4) is 0 Å². The van der Waals surface area contributed by atoms with Gasteiger partial charge in [-0.05, 0) is 18.2 Å². The van der Waals surface area contributed by atoms with Crippen LogP contribution in [0.25, 0.3) is 0 Å². The van der Waals surface area contributed by atoms with Gasteiger partial charge in [0.1, 0.15) is 0 Å². The molecular weight excluding hydrogens is 267 g/mol. The molecule has 20 heavy (non-hydrogen) atoms. The Bertz CT molecular complexity index is 477. The zero-order chi connectivity index (χ0) is 14.8. The minimum absolute atomic E-state index is 0.591. The summed E-state index contributed by atoms with van der Waals surface area (Å²) in [5.74, 6) is 0.591. The lowest BCUT2D eigenvalue weighted by molar-refractivity contribution is -0.137. The molecule has 0 saturated carbocycles. The molecule has 1 N–H and O–H groups in total. The highest BCUT2D eigenvalue weighted by Gasteiger charge is 2.31. The van der Waals surface area contributed by atoms with Crippen LogP contribution in [0.2, 0.25) is 0 Å². The summed E-state index contributed by atoms with van der Waals surface area (Å²) < 4.78 is 38.1. The van der Waals surface area contributed by atoms with Crippen LogP contribution in [0, 0.1) is 5.41 Å². The van der Waals surface area contributed by atoms with Crippen LogP contribution >= 0.6 is 0 Å². The van der Waals surface area contributed by atoms with E-state index >= 15 is 0 Å². The van der Waals surface area contributed by atoms with E-state index in [-0.39, 0.29) is 0 Å². The van der Waals surface area contributed by atoms with Crippen molar-refractivity contribution in [1.82, 2.24) is 4.90 Å². The van der Waals surface area contributed by atoms with Gasteiger partial charge in [-0.15, -0.1) is 0 Å². The molecule has 6 heteroatoms. The van der Waals surface area contributed by atoms with Gasteiger partial charge in [0.15, 0.2) is 0 Å². The van der Waals surface area contributed by atoms with E-state index in [1.807, 2.05) is 16.7 Å². The maximum Gasteiger partial charge on any atom is 0.416 e. The van der Waals surface area contributed by atoms with Gasteiger partial charge in [-0.2, -0.15) is 13.2 Å². The molecule has 0 amide bonds. The fraction of sp³-hybridized carbons (Fsp3) is 0.500. The molecule has 1 aromatic carbocycles. The largest absolute Gasteiger partial charge is 0.416 e. The Morgan fingerprint density at radius 3 is 2.40 bits per heavy atom. The number of anilines is 1. The van der Waals surface area contributed by atoms with E-state index in [4.69, 9.17) is 5.41 Å². The first-order chi connectivity index (χ1) is 9.41. The Morgan fingerprint density at radius 2 is 1.85 bits per heavy atom. The van der Waals surface area contributed by atoms with Crippen molar-refractivity contribution < 1.29 is 13.2 Å². The zero-order valence-electron chi connectivity index (χ0n) is 11.4. The monoisotopic (exact) mass is 285 g/mol. The second-order valence-electron chi connectivity index (χ2n) is 4.82. The van der Waals surface area contributed by atoms with Crippen molar-refractivity contribution >= 4 is 11.5 Å². The highest BCUT2D eigenvalue weighted by Crippen LogP contribution is 2.31. The number of hydrogen-bond acceptors (Lipinski definition) is 2. The molecule has 1 saturated heterocycles. The van der Waals surface area contributed by atoms with Crippen LogP contribution in [-0.2, 0) is 6.18 Å². The van der Waals surface area contributed by atoms with Gasteiger partial charge in [-0.1, -0.05) is 13.0 Å². The third-order valence-corrected chi connectivity index (χ3v) is 3.53. The summed E-state index contributed by atoms with van der Waals surface area (Å²) in [5, 5.41) is 7.78. The van der Waals surface area contributed by atoms with Crippen molar-refractivity contribution in [1.29, 1.82) is 5.41 Å². The molecular formula is C14H18F3N3. The summed E-state index contributed by atoms with van der Waals surface area (Å²) in [4.78, 5) is 3.92. The van der Waals surface area contributed by atoms with E-state index in [0.29, 0.717) is 44.1 Å². The summed E-state index contributed by atoms with van der Waals surface area (Å²) in [5.41, 5.74) is -0.0127. The van der Waals surface area contributed by atoms with Crippen LogP contribution < -0.4 is 4.90 Å². The lowest BCUT2D eigenvalue weighted by Crippen LogP contribution is -2.48. The summed E-state index contributed by atoms with van der Waals surface area (Å²) in [7, 11) is 0. The van der Waals surface area contributed by atoms with Crippen molar-refractivity contribution in [2.24, 2.45) is 0 Å². The number of piperazine rings is 1. The molecule has 0 spiro atoms. The van der Waals surface area contributed by atoms with Crippen LogP contribution in [0.5, 0.6) is 0 Å². The Hall–Kier alpha value is -1.72. The van der Waals surface area contributed by atoms with E-state index in [9.17, 15) is 13.2 Å². The average molecular weight is 285 g/mol. The van der Waals surface area contributed by atoms with Crippen molar-refractivity contribution in [3.05, 3.63) is 29.8 Å². The highest BCUT2D eigenvalue weighted by molar-refractivity contribution is 5.79. The van der Waals surface area contributed by atoms with Gasteiger partial charge in [-0.3, -0.25) is 5.41 Å². The molecule has 1 aliphatic rings. The Morgan fingerprint density at radius 1 is 1.20 bits per heavy atom. The predicted molar refractivity (Wildman–Crippen MR) is 73.2 cm³/mol. The normalized spacial score (nSPS) is 16.4. The molecule has 2 rings (SSSR count). The molecule has 1 heterocycles.